The number of nitriles is 1. The molecule has 1 N–H and O–H groups in total. The van der Waals surface area contributed by atoms with Gasteiger partial charge in [-0.15, -0.1) is 12.4 Å². The van der Waals surface area contributed by atoms with Gasteiger partial charge in [-0.25, -0.2) is 12.7 Å². The lowest BCUT2D eigenvalue weighted by atomic mass is 9.80. The highest BCUT2D eigenvalue weighted by Gasteiger charge is 2.61. The molecule has 0 aliphatic carbocycles. The molecular weight excluding hydrogens is 670 g/mol. The van der Waals surface area contributed by atoms with Crippen LogP contribution in [0.2, 0.25) is 0 Å². The molecular formula is C35H42ClN5O7S. The van der Waals surface area contributed by atoms with Crippen LogP contribution >= 0.6 is 12.4 Å². The number of piperazine rings is 1. The zero-order valence-electron chi connectivity index (χ0n) is 28.1. The van der Waals surface area contributed by atoms with E-state index in [-0.39, 0.29) is 28.7 Å². The number of benzene rings is 3. The zero-order chi connectivity index (χ0) is 34.1. The Morgan fingerprint density at radius 2 is 1.55 bits per heavy atom. The number of anilines is 1. The summed E-state index contributed by atoms with van der Waals surface area (Å²) >= 11 is 0. The lowest BCUT2D eigenvalue weighted by Gasteiger charge is -2.47. The number of piperidine rings is 1. The Labute approximate surface area is 293 Å². The van der Waals surface area contributed by atoms with Crippen LogP contribution in [-0.4, -0.2) is 97.4 Å². The van der Waals surface area contributed by atoms with Crippen molar-refractivity contribution in [1.82, 2.24) is 15.1 Å². The average molecular weight is 712 g/mol. The van der Waals surface area contributed by atoms with E-state index in [2.05, 4.69) is 16.3 Å². The summed E-state index contributed by atoms with van der Waals surface area (Å²) in [5.41, 5.74) is -0.398. The van der Waals surface area contributed by atoms with E-state index in [1.807, 2.05) is 11.8 Å². The molecule has 3 aromatic carbocycles. The second kappa shape index (κ2) is 14.8. The first-order valence-corrected chi connectivity index (χ1v) is 17.6. The number of carbonyl (C=O) groups is 1. The molecule has 49 heavy (non-hydrogen) atoms. The highest BCUT2D eigenvalue weighted by atomic mass is 35.5. The van der Waals surface area contributed by atoms with Gasteiger partial charge in [0.1, 0.15) is 27.9 Å². The molecule has 1 amide bonds. The molecule has 0 bridgehead atoms. The predicted molar refractivity (Wildman–Crippen MR) is 187 cm³/mol. The fourth-order valence-corrected chi connectivity index (χ4v) is 8.90. The summed E-state index contributed by atoms with van der Waals surface area (Å²) in [7, 11) is -0.198. The maximum Gasteiger partial charge on any atom is 0.274 e. The number of halogens is 1. The number of hydrogen-bond donors (Lipinski definition) is 1. The van der Waals surface area contributed by atoms with E-state index in [0.717, 1.165) is 30.2 Å². The molecule has 3 aliphatic heterocycles. The van der Waals surface area contributed by atoms with Crippen LogP contribution in [0.3, 0.4) is 0 Å². The SMILES string of the molecule is CCOc1ccc(OC)cc1C1(N2CCN(C3CCNCC3)CC2)C(=O)N(S(=O)(=O)c2ccc(OC)cc2OC)c2ccc(C#N)cc21.Cl. The number of hydrogen-bond acceptors (Lipinski definition) is 11. The summed E-state index contributed by atoms with van der Waals surface area (Å²) < 4.78 is 53.0. The first-order valence-electron chi connectivity index (χ1n) is 16.1. The first-order chi connectivity index (χ1) is 23.2. The summed E-state index contributed by atoms with van der Waals surface area (Å²) in [5, 5.41) is 13.5. The molecule has 3 heterocycles. The van der Waals surface area contributed by atoms with Crippen molar-refractivity contribution >= 4 is 34.0 Å². The number of rotatable bonds is 10. The Morgan fingerprint density at radius 3 is 2.18 bits per heavy atom. The third kappa shape index (κ3) is 6.17. The maximum absolute atomic E-state index is 15.5. The third-order valence-electron chi connectivity index (χ3n) is 9.61. The van der Waals surface area contributed by atoms with E-state index >= 15 is 4.79 Å². The second-order valence-corrected chi connectivity index (χ2v) is 13.7. The van der Waals surface area contributed by atoms with Crippen molar-refractivity contribution in [3.05, 3.63) is 71.3 Å². The molecule has 0 saturated carbocycles. The molecule has 262 valence electrons. The average Bonchev–Trinajstić information content (AvgIpc) is 3.40. The van der Waals surface area contributed by atoms with Crippen LogP contribution in [0.4, 0.5) is 5.69 Å². The standard InChI is InChI=1S/C35H41N5O7S.ClH/c1-5-47-31-10-7-26(44-2)21-29(31)35(39-18-16-38(17-19-39)25-12-14-37-15-13-25)28-20-24(23-36)6-9-30(28)40(34(35)41)48(42,43)33-11-8-27(45-3)22-32(33)46-4;/h6-11,20-22,25,37H,5,12-19H2,1-4H3;1H. The van der Waals surface area contributed by atoms with Crippen molar-refractivity contribution in [2.45, 2.75) is 36.2 Å². The van der Waals surface area contributed by atoms with Crippen molar-refractivity contribution in [2.75, 3.05) is 71.5 Å². The number of amides is 1. The Hall–Kier alpha value is -4.06. The van der Waals surface area contributed by atoms with Gasteiger partial charge in [0.25, 0.3) is 15.9 Å². The fraction of sp³-hybridized carbons (Fsp3) is 0.429. The minimum Gasteiger partial charge on any atom is -0.497 e. The smallest absolute Gasteiger partial charge is 0.274 e. The number of fused-ring (bicyclic) bond motifs is 1. The highest BCUT2D eigenvalue weighted by molar-refractivity contribution is 7.93. The van der Waals surface area contributed by atoms with Gasteiger partial charge in [-0.2, -0.15) is 5.26 Å². The van der Waals surface area contributed by atoms with Gasteiger partial charge in [0, 0.05) is 49.4 Å². The maximum atomic E-state index is 15.5. The fourth-order valence-electron chi connectivity index (χ4n) is 7.30. The van der Waals surface area contributed by atoms with Gasteiger partial charge in [0.05, 0.1) is 45.3 Å². The van der Waals surface area contributed by atoms with Crippen molar-refractivity contribution in [1.29, 1.82) is 5.26 Å². The quantitative estimate of drug-likeness (QED) is 0.330. The summed E-state index contributed by atoms with van der Waals surface area (Å²) in [6, 6.07) is 16.9. The number of methoxy groups -OCH3 is 3. The predicted octanol–water partition coefficient (Wildman–Crippen LogP) is 3.75. The molecule has 12 nitrogen and oxygen atoms in total. The Kier molecular flexibility index (Phi) is 11.0. The van der Waals surface area contributed by atoms with Crippen LogP contribution in [0.15, 0.2) is 59.5 Å². The van der Waals surface area contributed by atoms with Crippen molar-refractivity contribution < 1.29 is 32.2 Å². The van der Waals surface area contributed by atoms with Gasteiger partial charge < -0.3 is 24.3 Å². The minimum atomic E-state index is -4.57. The number of sulfonamides is 1. The monoisotopic (exact) mass is 711 g/mol. The topological polar surface area (TPSA) is 134 Å². The van der Waals surface area contributed by atoms with E-state index in [1.54, 1.807) is 24.3 Å². The summed E-state index contributed by atoms with van der Waals surface area (Å²) in [6.45, 7) is 6.37. The van der Waals surface area contributed by atoms with Crippen LogP contribution in [-0.2, 0) is 20.4 Å². The third-order valence-corrected chi connectivity index (χ3v) is 11.3. The second-order valence-electron chi connectivity index (χ2n) is 11.9. The molecule has 0 aromatic heterocycles. The molecule has 14 heteroatoms. The van der Waals surface area contributed by atoms with E-state index in [9.17, 15) is 13.7 Å². The van der Waals surface area contributed by atoms with Crippen molar-refractivity contribution in [3.8, 4) is 29.1 Å². The molecule has 0 spiro atoms. The summed E-state index contributed by atoms with van der Waals surface area (Å²) in [5.74, 6) is 0.625. The van der Waals surface area contributed by atoms with Gasteiger partial charge in [-0.05, 0) is 81.4 Å². The lowest BCUT2D eigenvalue weighted by Crippen LogP contribution is -2.61. The van der Waals surface area contributed by atoms with Crippen molar-refractivity contribution in [3.63, 3.8) is 0 Å². The van der Waals surface area contributed by atoms with E-state index in [0.29, 0.717) is 72.8 Å². The van der Waals surface area contributed by atoms with Crippen LogP contribution in [0.25, 0.3) is 0 Å². The molecule has 3 aliphatic rings. The number of ether oxygens (including phenoxy) is 4. The van der Waals surface area contributed by atoms with Crippen LogP contribution in [0.1, 0.15) is 36.5 Å². The highest BCUT2D eigenvalue weighted by Crippen LogP contribution is 2.54. The van der Waals surface area contributed by atoms with E-state index in [1.165, 1.54) is 51.7 Å². The molecule has 1 atom stereocenters. The van der Waals surface area contributed by atoms with Gasteiger partial charge >= 0.3 is 0 Å². The largest absolute Gasteiger partial charge is 0.497 e. The Balaban J connectivity index is 0.00000468. The van der Waals surface area contributed by atoms with E-state index < -0.39 is 21.5 Å². The minimum absolute atomic E-state index is 0. The molecule has 1 unspecified atom stereocenters. The Bertz CT molecular complexity index is 1840. The van der Waals surface area contributed by atoms with Crippen LogP contribution in [0.5, 0.6) is 23.0 Å². The lowest BCUT2D eigenvalue weighted by molar-refractivity contribution is -0.128. The summed E-state index contributed by atoms with van der Waals surface area (Å²) in [4.78, 5) is 19.8. The van der Waals surface area contributed by atoms with Crippen LogP contribution in [0, 0.1) is 11.3 Å². The number of nitrogens with zero attached hydrogens (tertiary/aromatic N) is 4. The molecule has 0 radical (unpaired) electrons. The molecule has 3 aromatic rings. The number of carbonyl (C=O) groups excluding carboxylic acids is 1. The van der Waals surface area contributed by atoms with E-state index in [4.69, 9.17) is 18.9 Å². The molecule has 2 fully saturated rings. The molecule has 6 rings (SSSR count). The summed E-state index contributed by atoms with van der Waals surface area (Å²) in [6.07, 6.45) is 2.08. The van der Waals surface area contributed by atoms with Gasteiger partial charge in [0.2, 0.25) is 0 Å². The van der Waals surface area contributed by atoms with Crippen molar-refractivity contribution in [2.24, 2.45) is 0 Å². The zero-order valence-corrected chi connectivity index (χ0v) is 29.7. The number of nitrogens with one attached hydrogen (secondary N) is 1. The van der Waals surface area contributed by atoms with Crippen LogP contribution < -0.4 is 28.6 Å². The van der Waals surface area contributed by atoms with Gasteiger partial charge in [-0.3, -0.25) is 14.6 Å². The van der Waals surface area contributed by atoms with Gasteiger partial charge in [0.15, 0.2) is 5.54 Å². The molecule has 2 saturated heterocycles. The van der Waals surface area contributed by atoms with Gasteiger partial charge in [-0.1, -0.05) is 0 Å². The first kappa shape index (κ1) is 36.2. The normalized spacial score (nSPS) is 20.2. The Morgan fingerprint density at radius 1 is 0.878 bits per heavy atom.